The highest BCUT2D eigenvalue weighted by Gasteiger charge is 2.47. The minimum absolute atomic E-state index is 0.0177. The van der Waals surface area contributed by atoms with E-state index in [9.17, 15) is 15.3 Å². The van der Waals surface area contributed by atoms with Gasteiger partial charge in [0.05, 0.1) is 12.1 Å². The molecule has 0 saturated carbocycles. The summed E-state index contributed by atoms with van der Waals surface area (Å²) in [5, 5.41) is 19.2. The van der Waals surface area contributed by atoms with Crippen molar-refractivity contribution in [2.45, 2.75) is 12.5 Å². The zero-order valence-electron chi connectivity index (χ0n) is 14.1. The number of ketones is 1. The molecule has 0 radical (unpaired) electrons. The predicted molar refractivity (Wildman–Crippen MR) is 94.4 cm³/mol. The minimum Gasteiger partial charge on any atom is -0.296 e. The third-order valence-electron chi connectivity index (χ3n) is 4.91. The molecule has 1 aliphatic heterocycles. The van der Waals surface area contributed by atoms with E-state index in [1.807, 2.05) is 60.5 Å². The number of hydrogen-bond acceptors (Lipinski definition) is 4. The highest BCUT2D eigenvalue weighted by Crippen LogP contribution is 2.44. The maximum atomic E-state index is 13.2. The summed E-state index contributed by atoms with van der Waals surface area (Å²) in [5.74, 6) is -0.460. The number of carbonyl (C=O) groups is 1. The molecule has 2 atom stereocenters. The summed E-state index contributed by atoms with van der Waals surface area (Å²) < 4.78 is 0. The van der Waals surface area contributed by atoms with Crippen molar-refractivity contribution in [3.8, 4) is 12.1 Å². The molecule has 25 heavy (non-hydrogen) atoms. The molecule has 0 bridgehead atoms. The van der Waals surface area contributed by atoms with Crippen molar-refractivity contribution >= 4 is 5.78 Å². The molecule has 0 N–H and O–H groups in total. The van der Waals surface area contributed by atoms with E-state index in [-0.39, 0.29) is 18.2 Å². The van der Waals surface area contributed by atoms with Gasteiger partial charge in [0.2, 0.25) is 0 Å². The summed E-state index contributed by atoms with van der Waals surface area (Å²) in [6.07, 6.45) is 0.248. The van der Waals surface area contributed by atoms with Crippen LogP contribution < -0.4 is 0 Å². The number of piperidine rings is 1. The molecular formula is C21H19N3O. The fourth-order valence-corrected chi connectivity index (χ4v) is 3.76. The van der Waals surface area contributed by atoms with Gasteiger partial charge < -0.3 is 0 Å². The van der Waals surface area contributed by atoms with Gasteiger partial charge >= 0.3 is 0 Å². The molecule has 124 valence electrons. The second kappa shape index (κ2) is 6.89. The number of carbonyl (C=O) groups excluding carboxylic acids is 1. The molecular weight excluding hydrogens is 310 g/mol. The molecule has 4 heteroatoms. The topological polar surface area (TPSA) is 67.9 Å². The summed E-state index contributed by atoms with van der Waals surface area (Å²) in [7, 11) is 1.88. The van der Waals surface area contributed by atoms with E-state index < -0.39 is 11.3 Å². The molecule has 2 unspecified atom stereocenters. The first-order chi connectivity index (χ1) is 12.1. The van der Waals surface area contributed by atoms with Crippen molar-refractivity contribution in [3.05, 3.63) is 71.8 Å². The van der Waals surface area contributed by atoms with Gasteiger partial charge in [-0.05, 0) is 19.0 Å². The van der Waals surface area contributed by atoms with E-state index in [1.165, 1.54) is 0 Å². The predicted octanol–water partition coefficient (Wildman–Crippen LogP) is 3.60. The van der Waals surface area contributed by atoms with Crippen LogP contribution in [0, 0.1) is 34.0 Å². The van der Waals surface area contributed by atoms with Crippen LogP contribution in [-0.2, 0) is 0 Å². The maximum absolute atomic E-state index is 13.2. The van der Waals surface area contributed by atoms with Crippen LogP contribution >= 0.6 is 0 Å². The van der Waals surface area contributed by atoms with Gasteiger partial charge in [0, 0.05) is 24.1 Å². The number of benzene rings is 2. The van der Waals surface area contributed by atoms with Crippen LogP contribution in [0.1, 0.15) is 28.4 Å². The average Bonchev–Trinajstić information content (AvgIpc) is 2.68. The Hall–Kier alpha value is -2.95. The smallest absolute Gasteiger partial charge is 0.167 e. The number of rotatable bonds is 3. The second-order valence-corrected chi connectivity index (χ2v) is 6.62. The monoisotopic (exact) mass is 329 g/mol. The van der Waals surface area contributed by atoms with Crippen LogP contribution in [0.3, 0.4) is 0 Å². The first-order valence-corrected chi connectivity index (χ1v) is 8.27. The largest absolute Gasteiger partial charge is 0.296 e. The van der Waals surface area contributed by atoms with Crippen molar-refractivity contribution in [1.82, 2.24) is 4.90 Å². The van der Waals surface area contributed by atoms with Gasteiger partial charge in [-0.15, -0.1) is 0 Å². The average molecular weight is 329 g/mol. The van der Waals surface area contributed by atoms with Crippen molar-refractivity contribution in [3.63, 3.8) is 0 Å². The Morgan fingerprint density at radius 1 is 1.04 bits per heavy atom. The van der Waals surface area contributed by atoms with Gasteiger partial charge in [0.25, 0.3) is 0 Å². The Morgan fingerprint density at radius 3 is 2.16 bits per heavy atom. The zero-order valence-corrected chi connectivity index (χ0v) is 14.1. The van der Waals surface area contributed by atoms with Gasteiger partial charge in [0.15, 0.2) is 11.2 Å². The van der Waals surface area contributed by atoms with Crippen LogP contribution in [0.25, 0.3) is 0 Å². The number of Topliss-reactive ketones (excluding diaryl/α,β-unsaturated/α-hetero) is 1. The van der Waals surface area contributed by atoms with Crippen molar-refractivity contribution in [2.75, 3.05) is 13.6 Å². The van der Waals surface area contributed by atoms with Crippen molar-refractivity contribution in [1.29, 1.82) is 10.5 Å². The number of hydrogen-bond donors (Lipinski definition) is 0. The quantitative estimate of drug-likeness (QED) is 0.807. The lowest BCUT2D eigenvalue weighted by Gasteiger charge is -2.43. The number of nitriles is 2. The van der Waals surface area contributed by atoms with E-state index in [0.717, 1.165) is 5.56 Å². The minimum atomic E-state index is -1.16. The lowest BCUT2D eigenvalue weighted by Crippen LogP contribution is -2.48. The first-order valence-electron chi connectivity index (χ1n) is 8.27. The molecule has 0 aliphatic carbocycles. The van der Waals surface area contributed by atoms with E-state index in [4.69, 9.17) is 0 Å². The third-order valence-corrected chi connectivity index (χ3v) is 4.91. The van der Waals surface area contributed by atoms with Gasteiger partial charge in [-0.2, -0.15) is 10.5 Å². The Balaban J connectivity index is 2.05. The summed E-state index contributed by atoms with van der Waals surface area (Å²) in [6.45, 7) is 0.331. The van der Waals surface area contributed by atoms with E-state index >= 15 is 0 Å². The summed E-state index contributed by atoms with van der Waals surface area (Å²) in [5.41, 5.74) is 0.493. The molecule has 0 aromatic heterocycles. The standard InChI is InChI=1S/C21H19N3O/c1-24-15-21(13-22,14-23)12-18(19(24)16-8-4-2-5-9-16)20(25)17-10-6-3-7-11-17/h2-11,18-19H,12,15H2,1H3. The molecule has 0 spiro atoms. The molecule has 3 rings (SSSR count). The number of likely N-dealkylation sites (tertiary alicyclic amines) is 1. The molecule has 2 aromatic rings. The second-order valence-electron chi connectivity index (χ2n) is 6.62. The van der Waals surface area contributed by atoms with E-state index in [0.29, 0.717) is 12.1 Å². The SMILES string of the molecule is CN1CC(C#N)(C#N)CC(C(=O)c2ccccc2)C1c1ccccc1. The maximum Gasteiger partial charge on any atom is 0.167 e. The Bertz CT molecular complexity index is 819. The fraction of sp³-hybridized carbons (Fsp3) is 0.286. The summed E-state index contributed by atoms with van der Waals surface area (Å²) >= 11 is 0. The fourth-order valence-electron chi connectivity index (χ4n) is 3.76. The lowest BCUT2D eigenvalue weighted by molar-refractivity contribution is 0.0518. The number of nitrogens with zero attached hydrogens (tertiary/aromatic N) is 3. The zero-order chi connectivity index (χ0) is 17.9. The van der Waals surface area contributed by atoms with Gasteiger partial charge in [-0.25, -0.2) is 0 Å². The molecule has 2 aromatic carbocycles. The van der Waals surface area contributed by atoms with Crippen LogP contribution in [0.5, 0.6) is 0 Å². The van der Waals surface area contributed by atoms with Crippen molar-refractivity contribution < 1.29 is 4.79 Å². The molecule has 4 nitrogen and oxygen atoms in total. The highest BCUT2D eigenvalue weighted by molar-refractivity contribution is 5.98. The highest BCUT2D eigenvalue weighted by atomic mass is 16.1. The Kier molecular flexibility index (Phi) is 4.65. The van der Waals surface area contributed by atoms with Crippen LogP contribution in [0.4, 0.5) is 0 Å². The molecule has 1 fully saturated rings. The van der Waals surface area contributed by atoms with Crippen molar-refractivity contribution in [2.24, 2.45) is 11.3 Å². The molecule has 1 saturated heterocycles. The molecule has 1 heterocycles. The van der Waals surface area contributed by atoms with Crippen LogP contribution in [0.2, 0.25) is 0 Å². The lowest BCUT2D eigenvalue weighted by atomic mass is 9.70. The first kappa shape index (κ1) is 16.9. The Labute approximate surface area is 147 Å². The van der Waals surface area contributed by atoms with Gasteiger partial charge in [-0.1, -0.05) is 60.7 Å². The van der Waals surface area contributed by atoms with E-state index in [2.05, 4.69) is 12.1 Å². The van der Waals surface area contributed by atoms with E-state index in [1.54, 1.807) is 12.1 Å². The van der Waals surface area contributed by atoms with Gasteiger partial charge in [0.1, 0.15) is 0 Å². The van der Waals surface area contributed by atoms with Gasteiger partial charge in [-0.3, -0.25) is 9.69 Å². The third kappa shape index (κ3) is 3.18. The van der Waals surface area contributed by atoms with Crippen LogP contribution in [-0.4, -0.2) is 24.3 Å². The Morgan fingerprint density at radius 2 is 1.60 bits per heavy atom. The molecule has 1 aliphatic rings. The van der Waals surface area contributed by atoms with Crippen LogP contribution in [0.15, 0.2) is 60.7 Å². The summed E-state index contributed by atoms with van der Waals surface area (Å²) in [6, 6.07) is 23.1. The normalized spacial score (nSPS) is 22.5. The molecule has 0 amide bonds. The summed E-state index contributed by atoms with van der Waals surface area (Å²) in [4.78, 5) is 15.2.